The van der Waals surface area contributed by atoms with Crippen molar-refractivity contribution in [2.24, 2.45) is 0 Å². The van der Waals surface area contributed by atoms with Crippen LogP contribution in [0, 0.1) is 0 Å². The fourth-order valence-electron chi connectivity index (χ4n) is 3.69. The van der Waals surface area contributed by atoms with Crippen molar-refractivity contribution in [3.05, 3.63) is 96.6 Å². The summed E-state index contributed by atoms with van der Waals surface area (Å²) in [6.45, 7) is 4.89. The zero-order chi connectivity index (χ0) is 20.6. The van der Waals surface area contributed by atoms with E-state index in [1.165, 1.54) is 16.7 Å². The lowest BCUT2D eigenvalue weighted by Gasteiger charge is -2.36. The summed E-state index contributed by atoms with van der Waals surface area (Å²) >= 11 is 5.74. The predicted molar refractivity (Wildman–Crippen MR) is 132 cm³/mol. The summed E-state index contributed by atoms with van der Waals surface area (Å²) in [4.78, 5) is 4.74. The van der Waals surface area contributed by atoms with Crippen molar-refractivity contribution >= 4 is 29.1 Å². The standard InChI is InChI=1S/C26H27N3S/c30-26(27-25-16-8-7-15-24(25)23-13-5-2-6-14-23)29-20-18-28(19-21-29)17-9-12-22-10-3-1-4-11-22/h1-16H,17-21H2,(H,27,30). The quantitative estimate of drug-likeness (QED) is 0.566. The Balaban J connectivity index is 1.31. The number of para-hydroxylation sites is 1. The van der Waals surface area contributed by atoms with Crippen LogP contribution in [0.3, 0.4) is 0 Å². The summed E-state index contributed by atoms with van der Waals surface area (Å²) in [5, 5.41) is 4.29. The number of anilines is 1. The summed E-state index contributed by atoms with van der Waals surface area (Å²) in [6.07, 6.45) is 4.44. The van der Waals surface area contributed by atoms with Gasteiger partial charge in [-0.15, -0.1) is 0 Å². The van der Waals surface area contributed by atoms with Crippen LogP contribution in [-0.4, -0.2) is 47.6 Å². The topological polar surface area (TPSA) is 18.5 Å². The molecule has 30 heavy (non-hydrogen) atoms. The predicted octanol–water partition coefficient (Wildman–Crippen LogP) is 5.38. The number of hydrogen-bond acceptors (Lipinski definition) is 2. The van der Waals surface area contributed by atoms with Gasteiger partial charge in [-0.2, -0.15) is 0 Å². The van der Waals surface area contributed by atoms with Gasteiger partial charge in [-0.05, 0) is 29.4 Å². The zero-order valence-electron chi connectivity index (χ0n) is 17.1. The minimum atomic E-state index is 0.804. The van der Waals surface area contributed by atoms with E-state index in [1.807, 2.05) is 18.2 Å². The molecule has 1 N–H and O–H groups in total. The molecule has 3 aromatic rings. The maximum Gasteiger partial charge on any atom is 0.173 e. The van der Waals surface area contributed by atoms with E-state index in [0.717, 1.165) is 43.5 Å². The van der Waals surface area contributed by atoms with Gasteiger partial charge in [0, 0.05) is 44.0 Å². The van der Waals surface area contributed by atoms with Crippen molar-refractivity contribution in [2.75, 3.05) is 38.0 Å². The van der Waals surface area contributed by atoms with Crippen molar-refractivity contribution in [1.29, 1.82) is 0 Å². The van der Waals surface area contributed by atoms with Crippen LogP contribution < -0.4 is 5.32 Å². The van der Waals surface area contributed by atoms with Crippen LogP contribution in [0.4, 0.5) is 5.69 Å². The van der Waals surface area contributed by atoms with E-state index in [2.05, 4.69) is 94.0 Å². The molecule has 0 amide bonds. The van der Waals surface area contributed by atoms with E-state index < -0.39 is 0 Å². The van der Waals surface area contributed by atoms with E-state index in [9.17, 15) is 0 Å². The van der Waals surface area contributed by atoms with Gasteiger partial charge in [0.15, 0.2) is 5.11 Å². The van der Waals surface area contributed by atoms with Gasteiger partial charge < -0.3 is 10.2 Å². The molecule has 0 unspecified atom stereocenters. The summed E-state index contributed by atoms with van der Waals surface area (Å²) in [5.41, 5.74) is 4.67. The number of rotatable bonds is 5. The number of nitrogens with one attached hydrogen (secondary N) is 1. The summed E-state index contributed by atoms with van der Waals surface area (Å²) < 4.78 is 0. The molecule has 0 saturated carbocycles. The monoisotopic (exact) mass is 413 g/mol. The van der Waals surface area contributed by atoms with E-state index in [-0.39, 0.29) is 0 Å². The van der Waals surface area contributed by atoms with Gasteiger partial charge in [0.1, 0.15) is 0 Å². The third-order valence-corrected chi connectivity index (χ3v) is 5.75. The summed E-state index contributed by atoms with van der Waals surface area (Å²) in [5.74, 6) is 0. The second-order valence-corrected chi connectivity index (χ2v) is 7.83. The molecule has 1 heterocycles. The number of thiocarbonyl (C=S) groups is 1. The average molecular weight is 414 g/mol. The number of hydrogen-bond donors (Lipinski definition) is 1. The van der Waals surface area contributed by atoms with Crippen molar-refractivity contribution in [3.63, 3.8) is 0 Å². The van der Waals surface area contributed by atoms with Crippen LogP contribution in [0.2, 0.25) is 0 Å². The SMILES string of the molecule is S=C(Nc1ccccc1-c1ccccc1)N1CCN(CC=Cc2ccccc2)CC1. The Morgan fingerprint density at radius 2 is 1.43 bits per heavy atom. The molecule has 152 valence electrons. The summed E-state index contributed by atoms with van der Waals surface area (Å²) in [6, 6.07) is 29.2. The molecule has 3 aromatic carbocycles. The number of nitrogens with zero attached hydrogens (tertiary/aromatic N) is 2. The highest BCUT2D eigenvalue weighted by atomic mass is 32.1. The maximum absolute atomic E-state index is 5.74. The normalized spacial score (nSPS) is 14.7. The molecule has 0 spiro atoms. The Morgan fingerprint density at radius 1 is 0.800 bits per heavy atom. The molecule has 0 aliphatic carbocycles. The van der Waals surface area contributed by atoms with E-state index in [0.29, 0.717) is 0 Å². The van der Waals surface area contributed by atoms with E-state index in [4.69, 9.17) is 12.2 Å². The smallest absolute Gasteiger partial charge is 0.173 e. The first kappa shape index (κ1) is 20.3. The minimum Gasteiger partial charge on any atom is -0.346 e. The van der Waals surface area contributed by atoms with Crippen LogP contribution >= 0.6 is 12.2 Å². The molecule has 0 radical (unpaired) electrons. The van der Waals surface area contributed by atoms with Gasteiger partial charge >= 0.3 is 0 Å². The molecule has 0 aromatic heterocycles. The largest absolute Gasteiger partial charge is 0.346 e. The second kappa shape index (κ2) is 10.2. The van der Waals surface area contributed by atoms with Crippen LogP contribution in [0.5, 0.6) is 0 Å². The van der Waals surface area contributed by atoms with Gasteiger partial charge in [0.2, 0.25) is 0 Å². The molecule has 1 aliphatic heterocycles. The Kier molecular flexibility index (Phi) is 6.91. The molecule has 0 atom stereocenters. The maximum atomic E-state index is 5.74. The second-order valence-electron chi connectivity index (χ2n) is 7.44. The van der Waals surface area contributed by atoms with Crippen molar-refractivity contribution in [1.82, 2.24) is 9.80 Å². The fourth-order valence-corrected chi connectivity index (χ4v) is 3.98. The van der Waals surface area contributed by atoms with Gasteiger partial charge in [-0.3, -0.25) is 4.90 Å². The van der Waals surface area contributed by atoms with Crippen LogP contribution in [0.15, 0.2) is 91.0 Å². The van der Waals surface area contributed by atoms with Crippen LogP contribution in [0.1, 0.15) is 5.56 Å². The third-order valence-electron chi connectivity index (χ3n) is 5.39. The third kappa shape index (κ3) is 5.35. The average Bonchev–Trinajstić information content (AvgIpc) is 2.81. The number of piperazine rings is 1. The molecule has 0 bridgehead atoms. The van der Waals surface area contributed by atoms with Gasteiger partial charge in [-0.25, -0.2) is 0 Å². The first-order valence-corrected chi connectivity index (χ1v) is 10.8. The zero-order valence-corrected chi connectivity index (χ0v) is 17.9. The highest BCUT2D eigenvalue weighted by Crippen LogP contribution is 2.27. The van der Waals surface area contributed by atoms with E-state index in [1.54, 1.807) is 0 Å². The van der Waals surface area contributed by atoms with Crippen molar-refractivity contribution in [3.8, 4) is 11.1 Å². The Hall–Kier alpha value is -2.95. The molecule has 1 aliphatic rings. The molecule has 1 fully saturated rings. The Labute approximate surface area is 184 Å². The molecular weight excluding hydrogens is 386 g/mol. The molecule has 1 saturated heterocycles. The molecule has 4 rings (SSSR count). The Morgan fingerprint density at radius 3 is 2.17 bits per heavy atom. The number of benzene rings is 3. The lowest BCUT2D eigenvalue weighted by molar-refractivity contribution is 0.200. The lowest BCUT2D eigenvalue weighted by atomic mass is 10.0. The van der Waals surface area contributed by atoms with Gasteiger partial charge in [0.05, 0.1) is 0 Å². The fraction of sp³-hybridized carbons (Fsp3) is 0.192. The first-order chi connectivity index (χ1) is 14.8. The van der Waals surface area contributed by atoms with Gasteiger partial charge in [0.25, 0.3) is 0 Å². The van der Waals surface area contributed by atoms with Crippen molar-refractivity contribution in [2.45, 2.75) is 0 Å². The summed E-state index contributed by atoms with van der Waals surface area (Å²) in [7, 11) is 0. The Bertz CT molecular complexity index is 977. The highest BCUT2D eigenvalue weighted by molar-refractivity contribution is 7.80. The first-order valence-electron chi connectivity index (χ1n) is 10.4. The lowest BCUT2D eigenvalue weighted by Crippen LogP contribution is -2.49. The molecule has 3 nitrogen and oxygen atoms in total. The van der Waals surface area contributed by atoms with E-state index >= 15 is 0 Å². The van der Waals surface area contributed by atoms with Crippen LogP contribution in [0.25, 0.3) is 17.2 Å². The van der Waals surface area contributed by atoms with Crippen molar-refractivity contribution < 1.29 is 0 Å². The molecule has 4 heteroatoms. The minimum absolute atomic E-state index is 0.804. The molecular formula is C26H27N3S. The van der Waals surface area contributed by atoms with Crippen LogP contribution in [-0.2, 0) is 0 Å². The van der Waals surface area contributed by atoms with Gasteiger partial charge in [-0.1, -0.05) is 91.0 Å². The highest BCUT2D eigenvalue weighted by Gasteiger charge is 2.18.